The predicted molar refractivity (Wildman–Crippen MR) is 57.0 cm³/mol. The van der Waals surface area contributed by atoms with Crippen LogP contribution in [0, 0.1) is 12.3 Å². The van der Waals surface area contributed by atoms with Crippen molar-refractivity contribution >= 4 is 5.71 Å². The Hall–Kier alpha value is -1.07. The van der Waals surface area contributed by atoms with Crippen LogP contribution in [-0.4, -0.2) is 25.0 Å². The molecule has 0 aromatic heterocycles. The van der Waals surface area contributed by atoms with Gasteiger partial charge in [0.1, 0.15) is 5.71 Å². The van der Waals surface area contributed by atoms with Gasteiger partial charge in [0.15, 0.2) is 0 Å². The summed E-state index contributed by atoms with van der Waals surface area (Å²) < 4.78 is 5.30. The second-order valence-electron chi connectivity index (χ2n) is 2.52. The molecule has 0 aliphatic heterocycles. The lowest BCUT2D eigenvalue weighted by atomic mass is 10.3. The van der Waals surface area contributed by atoms with Crippen LogP contribution in [0.2, 0.25) is 0 Å². The SMILES string of the molecule is C#CC(/C=C\C(C)OCC)=NCC. The van der Waals surface area contributed by atoms with E-state index in [-0.39, 0.29) is 6.10 Å². The molecule has 1 atom stereocenters. The van der Waals surface area contributed by atoms with Gasteiger partial charge in [-0.25, -0.2) is 0 Å². The van der Waals surface area contributed by atoms with Gasteiger partial charge in [-0.2, -0.15) is 0 Å². The van der Waals surface area contributed by atoms with Crippen molar-refractivity contribution in [1.82, 2.24) is 0 Å². The first-order chi connectivity index (χ1) is 6.24. The van der Waals surface area contributed by atoms with Gasteiger partial charge in [-0.3, -0.25) is 4.99 Å². The summed E-state index contributed by atoms with van der Waals surface area (Å²) in [7, 11) is 0. The quantitative estimate of drug-likeness (QED) is 0.467. The molecular formula is C11H17NO. The van der Waals surface area contributed by atoms with E-state index in [1.54, 1.807) is 0 Å². The Morgan fingerprint density at radius 2 is 2.31 bits per heavy atom. The van der Waals surface area contributed by atoms with E-state index in [2.05, 4.69) is 10.9 Å². The molecule has 2 nitrogen and oxygen atoms in total. The molecule has 0 aliphatic carbocycles. The van der Waals surface area contributed by atoms with E-state index in [9.17, 15) is 0 Å². The standard InChI is InChI=1S/C11H17NO/c1-5-11(12-6-2)9-8-10(4)13-7-3/h1,8-10H,6-7H2,2-4H3/b9-8-,12-11?. The monoisotopic (exact) mass is 179 g/mol. The molecule has 0 saturated heterocycles. The Labute approximate surface area is 80.7 Å². The Kier molecular flexibility index (Phi) is 6.95. The minimum atomic E-state index is 0.0976. The highest BCUT2D eigenvalue weighted by Gasteiger charge is 1.93. The van der Waals surface area contributed by atoms with Crippen LogP contribution in [0.4, 0.5) is 0 Å². The van der Waals surface area contributed by atoms with Crippen LogP contribution in [0.1, 0.15) is 20.8 Å². The fourth-order valence-electron chi connectivity index (χ4n) is 0.862. The first kappa shape index (κ1) is 11.9. The summed E-state index contributed by atoms with van der Waals surface area (Å²) in [5.74, 6) is 2.51. The van der Waals surface area contributed by atoms with Crippen molar-refractivity contribution in [3.63, 3.8) is 0 Å². The Morgan fingerprint density at radius 1 is 1.62 bits per heavy atom. The molecule has 0 rings (SSSR count). The van der Waals surface area contributed by atoms with Crippen LogP contribution in [-0.2, 0) is 4.74 Å². The van der Waals surface area contributed by atoms with E-state index in [0.717, 1.165) is 0 Å². The molecule has 0 aromatic rings. The molecule has 0 aromatic carbocycles. The third-order valence-corrected chi connectivity index (χ3v) is 1.43. The average Bonchev–Trinajstić information content (AvgIpc) is 2.12. The van der Waals surface area contributed by atoms with Crippen molar-refractivity contribution in [2.45, 2.75) is 26.9 Å². The third-order valence-electron chi connectivity index (χ3n) is 1.43. The summed E-state index contributed by atoms with van der Waals surface area (Å²) in [6, 6.07) is 0. The zero-order valence-corrected chi connectivity index (χ0v) is 8.58. The summed E-state index contributed by atoms with van der Waals surface area (Å²) in [5, 5.41) is 0. The zero-order chi connectivity index (χ0) is 10.1. The number of nitrogens with zero attached hydrogens (tertiary/aromatic N) is 1. The summed E-state index contributed by atoms with van der Waals surface area (Å²) in [4.78, 5) is 4.11. The van der Waals surface area contributed by atoms with Crippen molar-refractivity contribution in [1.29, 1.82) is 0 Å². The predicted octanol–water partition coefficient (Wildman–Crippen LogP) is 2.06. The fraction of sp³-hybridized carbons (Fsp3) is 0.545. The Bertz CT molecular complexity index is 223. The van der Waals surface area contributed by atoms with Crippen LogP contribution in [0.5, 0.6) is 0 Å². The third kappa shape index (κ3) is 6.12. The molecular weight excluding hydrogens is 162 g/mol. The lowest BCUT2D eigenvalue weighted by Crippen LogP contribution is -2.04. The number of aliphatic imine (C=N–C) groups is 1. The Morgan fingerprint density at radius 3 is 2.77 bits per heavy atom. The molecule has 0 radical (unpaired) electrons. The minimum Gasteiger partial charge on any atom is -0.375 e. The zero-order valence-electron chi connectivity index (χ0n) is 8.58. The van der Waals surface area contributed by atoms with Gasteiger partial charge in [0, 0.05) is 13.2 Å². The van der Waals surface area contributed by atoms with Gasteiger partial charge in [0.05, 0.1) is 6.10 Å². The average molecular weight is 179 g/mol. The van der Waals surface area contributed by atoms with Gasteiger partial charge in [-0.1, -0.05) is 12.0 Å². The fourth-order valence-corrected chi connectivity index (χ4v) is 0.862. The second kappa shape index (κ2) is 7.57. The van der Waals surface area contributed by atoms with E-state index in [1.165, 1.54) is 0 Å². The van der Waals surface area contributed by atoms with E-state index in [4.69, 9.17) is 11.2 Å². The number of hydrogen-bond donors (Lipinski definition) is 0. The van der Waals surface area contributed by atoms with E-state index in [0.29, 0.717) is 18.9 Å². The molecule has 0 heterocycles. The number of ether oxygens (including phenoxy) is 1. The minimum absolute atomic E-state index is 0.0976. The molecule has 0 bridgehead atoms. The molecule has 0 N–H and O–H groups in total. The molecule has 72 valence electrons. The van der Waals surface area contributed by atoms with Crippen LogP contribution < -0.4 is 0 Å². The largest absolute Gasteiger partial charge is 0.375 e. The van der Waals surface area contributed by atoms with Crippen LogP contribution in [0.25, 0.3) is 0 Å². The van der Waals surface area contributed by atoms with Crippen molar-refractivity contribution < 1.29 is 4.74 Å². The summed E-state index contributed by atoms with van der Waals surface area (Å²) in [6.07, 6.45) is 9.08. The maximum atomic E-state index is 5.30. The number of rotatable bonds is 5. The Balaban J connectivity index is 4.08. The van der Waals surface area contributed by atoms with Gasteiger partial charge >= 0.3 is 0 Å². The van der Waals surface area contributed by atoms with Gasteiger partial charge < -0.3 is 4.74 Å². The number of terminal acetylenes is 1. The maximum Gasteiger partial charge on any atom is 0.107 e. The van der Waals surface area contributed by atoms with E-state index in [1.807, 2.05) is 32.9 Å². The molecule has 13 heavy (non-hydrogen) atoms. The van der Waals surface area contributed by atoms with Crippen molar-refractivity contribution in [2.24, 2.45) is 4.99 Å². The lowest BCUT2D eigenvalue weighted by molar-refractivity contribution is 0.109. The highest BCUT2D eigenvalue weighted by atomic mass is 16.5. The molecule has 0 amide bonds. The van der Waals surface area contributed by atoms with Crippen molar-refractivity contribution in [2.75, 3.05) is 13.2 Å². The molecule has 0 saturated carbocycles. The van der Waals surface area contributed by atoms with Gasteiger partial charge in [-0.15, -0.1) is 6.42 Å². The van der Waals surface area contributed by atoms with E-state index >= 15 is 0 Å². The van der Waals surface area contributed by atoms with Gasteiger partial charge in [0.25, 0.3) is 0 Å². The first-order valence-electron chi connectivity index (χ1n) is 4.55. The summed E-state index contributed by atoms with van der Waals surface area (Å²) in [6.45, 7) is 7.32. The number of hydrogen-bond acceptors (Lipinski definition) is 2. The van der Waals surface area contributed by atoms with E-state index < -0.39 is 0 Å². The van der Waals surface area contributed by atoms with Crippen LogP contribution in [0.3, 0.4) is 0 Å². The summed E-state index contributed by atoms with van der Waals surface area (Å²) >= 11 is 0. The maximum absolute atomic E-state index is 5.30. The van der Waals surface area contributed by atoms with Crippen LogP contribution in [0.15, 0.2) is 17.1 Å². The normalized spacial score (nSPS) is 14.5. The molecule has 0 fully saturated rings. The molecule has 1 unspecified atom stereocenters. The number of allylic oxidation sites excluding steroid dienone is 1. The van der Waals surface area contributed by atoms with Gasteiger partial charge in [0.2, 0.25) is 0 Å². The lowest BCUT2D eigenvalue weighted by Gasteiger charge is -2.04. The van der Waals surface area contributed by atoms with Gasteiger partial charge in [-0.05, 0) is 26.8 Å². The molecule has 2 heteroatoms. The highest BCUT2D eigenvalue weighted by molar-refractivity contribution is 6.08. The topological polar surface area (TPSA) is 21.6 Å². The molecule has 0 aliphatic rings. The first-order valence-corrected chi connectivity index (χ1v) is 4.55. The molecule has 0 spiro atoms. The van der Waals surface area contributed by atoms with Crippen molar-refractivity contribution in [3.05, 3.63) is 12.2 Å². The second-order valence-corrected chi connectivity index (χ2v) is 2.52. The highest BCUT2D eigenvalue weighted by Crippen LogP contribution is 1.93. The van der Waals surface area contributed by atoms with Crippen molar-refractivity contribution in [3.8, 4) is 12.3 Å². The smallest absolute Gasteiger partial charge is 0.107 e. The van der Waals surface area contributed by atoms with Crippen LogP contribution >= 0.6 is 0 Å². The summed E-state index contributed by atoms with van der Waals surface area (Å²) in [5.41, 5.74) is 0.675.